The average Bonchev–Trinajstić information content (AvgIpc) is 3.16. The molecule has 3 aromatic carbocycles. The van der Waals surface area contributed by atoms with E-state index in [0.29, 0.717) is 23.4 Å². The zero-order chi connectivity index (χ0) is 22.8. The minimum Gasteiger partial charge on any atom is -0.478 e. The Kier molecular flexibility index (Phi) is 5.64. The summed E-state index contributed by atoms with van der Waals surface area (Å²) in [6.07, 6.45) is 0.849. The first-order valence-corrected chi connectivity index (χ1v) is 10.3. The summed E-state index contributed by atoms with van der Waals surface area (Å²) in [6.45, 7) is 2.83. The largest absolute Gasteiger partial charge is 0.478 e. The van der Waals surface area contributed by atoms with Crippen LogP contribution in [0.3, 0.4) is 0 Å². The van der Waals surface area contributed by atoms with Gasteiger partial charge in [0.2, 0.25) is 5.91 Å². The van der Waals surface area contributed by atoms with Crippen LogP contribution >= 0.6 is 0 Å². The van der Waals surface area contributed by atoms with Crippen LogP contribution in [-0.4, -0.2) is 29.4 Å². The van der Waals surface area contributed by atoms with Gasteiger partial charge in [0.05, 0.1) is 5.56 Å². The normalized spacial score (nSPS) is 12.3. The number of hydrogen-bond acceptors (Lipinski definition) is 4. The van der Waals surface area contributed by atoms with E-state index in [1.165, 1.54) is 6.92 Å². The van der Waals surface area contributed by atoms with Crippen molar-refractivity contribution < 1.29 is 14.7 Å². The lowest BCUT2D eigenvalue weighted by molar-refractivity contribution is -0.114. The predicted octanol–water partition coefficient (Wildman–Crippen LogP) is 3.86. The number of nitrogens with zero attached hydrogens (tertiary/aromatic N) is 1. The molecule has 32 heavy (non-hydrogen) atoms. The fraction of sp³-hybridized carbons (Fsp3) is 0.160. The first kappa shape index (κ1) is 21.1. The van der Waals surface area contributed by atoms with E-state index in [2.05, 4.69) is 10.2 Å². The molecule has 1 aliphatic rings. The van der Waals surface area contributed by atoms with Crippen molar-refractivity contribution in [1.29, 1.82) is 5.41 Å². The summed E-state index contributed by atoms with van der Waals surface area (Å²) in [5.41, 5.74) is 11.7. The lowest BCUT2D eigenvalue weighted by Gasteiger charge is -2.23. The van der Waals surface area contributed by atoms with Gasteiger partial charge in [-0.15, -0.1) is 0 Å². The highest BCUT2D eigenvalue weighted by atomic mass is 16.4. The minimum absolute atomic E-state index is 0.0485. The van der Waals surface area contributed by atoms with E-state index in [0.717, 1.165) is 35.3 Å². The number of aromatic carboxylic acids is 1. The number of carbonyl (C=O) groups is 2. The number of amidine groups is 1. The van der Waals surface area contributed by atoms with Gasteiger partial charge >= 0.3 is 5.97 Å². The molecule has 1 amide bonds. The Labute approximate surface area is 186 Å². The molecular formula is C25H24N4O3. The average molecular weight is 428 g/mol. The van der Waals surface area contributed by atoms with Crippen molar-refractivity contribution in [3.63, 3.8) is 0 Å². The summed E-state index contributed by atoms with van der Waals surface area (Å²) in [5.74, 6) is -1.14. The monoisotopic (exact) mass is 428 g/mol. The summed E-state index contributed by atoms with van der Waals surface area (Å²) in [4.78, 5) is 25.7. The van der Waals surface area contributed by atoms with Crippen LogP contribution in [0.5, 0.6) is 0 Å². The lowest BCUT2D eigenvalue weighted by atomic mass is 9.94. The Bertz CT molecular complexity index is 1240. The van der Waals surface area contributed by atoms with Crippen molar-refractivity contribution in [3.8, 4) is 11.1 Å². The molecule has 0 bridgehead atoms. The molecule has 0 spiro atoms. The van der Waals surface area contributed by atoms with E-state index in [4.69, 9.17) is 11.1 Å². The van der Waals surface area contributed by atoms with Gasteiger partial charge in [-0.25, -0.2) is 4.79 Å². The van der Waals surface area contributed by atoms with Gasteiger partial charge in [0.15, 0.2) is 0 Å². The second kappa shape index (κ2) is 8.55. The molecule has 0 saturated heterocycles. The van der Waals surface area contributed by atoms with Crippen LogP contribution in [0, 0.1) is 5.41 Å². The number of carboxylic acid groups (broad SMARTS) is 1. The van der Waals surface area contributed by atoms with Crippen molar-refractivity contribution in [2.24, 2.45) is 5.73 Å². The van der Waals surface area contributed by atoms with E-state index in [9.17, 15) is 14.7 Å². The zero-order valence-corrected chi connectivity index (χ0v) is 17.7. The van der Waals surface area contributed by atoms with E-state index in [1.54, 1.807) is 18.2 Å². The molecule has 0 atom stereocenters. The molecule has 162 valence electrons. The number of anilines is 2. The Balaban J connectivity index is 1.75. The summed E-state index contributed by atoms with van der Waals surface area (Å²) < 4.78 is 0. The standard InChI is InChI=1S/C25H24N4O3/c1-15(30)28-19-8-6-18(22(13-19)20-4-2-3-5-21(20)25(31)32)14-29-11-10-16-12-17(24(26)27)7-9-23(16)29/h2-9,12-13H,10-11,14H2,1H3,(H3,26,27)(H,28,30)(H,31,32). The molecule has 1 aliphatic heterocycles. The van der Waals surface area contributed by atoms with Crippen molar-refractivity contribution in [3.05, 3.63) is 82.9 Å². The molecule has 7 nitrogen and oxygen atoms in total. The number of nitrogens with two attached hydrogens (primary N) is 1. The fourth-order valence-electron chi connectivity index (χ4n) is 4.16. The highest BCUT2D eigenvalue weighted by Crippen LogP contribution is 2.35. The minimum atomic E-state index is -1.00. The number of carbonyl (C=O) groups excluding carboxylic acids is 1. The Morgan fingerprint density at radius 1 is 1.09 bits per heavy atom. The molecule has 4 rings (SSSR count). The number of hydrogen-bond donors (Lipinski definition) is 4. The number of benzene rings is 3. The second-order valence-corrected chi connectivity index (χ2v) is 7.83. The van der Waals surface area contributed by atoms with E-state index < -0.39 is 5.97 Å². The third-order valence-electron chi connectivity index (χ3n) is 5.62. The zero-order valence-electron chi connectivity index (χ0n) is 17.7. The maximum absolute atomic E-state index is 11.9. The molecule has 0 fully saturated rings. The third-order valence-corrected chi connectivity index (χ3v) is 5.62. The van der Waals surface area contributed by atoms with Crippen molar-refractivity contribution in [2.75, 3.05) is 16.8 Å². The highest BCUT2D eigenvalue weighted by molar-refractivity contribution is 5.98. The third kappa shape index (κ3) is 4.18. The molecule has 0 aromatic heterocycles. The lowest BCUT2D eigenvalue weighted by Crippen LogP contribution is -2.20. The van der Waals surface area contributed by atoms with Gasteiger partial charge in [-0.05, 0) is 65.1 Å². The Morgan fingerprint density at radius 2 is 1.88 bits per heavy atom. The van der Waals surface area contributed by atoms with Crippen LogP contribution in [0.15, 0.2) is 60.7 Å². The number of rotatable bonds is 6. The molecule has 7 heteroatoms. The first-order chi connectivity index (χ1) is 15.3. The number of amides is 1. The molecule has 0 radical (unpaired) electrons. The topological polar surface area (TPSA) is 120 Å². The van der Waals surface area contributed by atoms with E-state index in [-0.39, 0.29) is 17.3 Å². The Hall–Kier alpha value is -4.13. The molecular weight excluding hydrogens is 404 g/mol. The molecule has 3 aromatic rings. The van der Waals surface area contributed by atoms with Gasteiger partial charge in [0.1, 0.15) is 5.84 Å². The maximum atomic E-state index is 11.9. The van der Waals surface area contributed by atoms with Gasteiger partial charge < -0.3 is 21.1 Å². The molecule has 0 unspecified atom stereocenters. The van der Waals surface area contributed by atoms with Gasteiger partial charge in [-0.2, -0.15) is 0 Å². The van der Waals surface area contributed by atoms with E-state index >= 15 is 0 Å². The molecule has 5 N–H and O–H groups in total. The Morgan fingerprint density at radius 3 is 2.59 bits per heavy atom. The number of nitrogen functional groups attached to an aromatic ring is 1. The van der Waals surface area contributed by atoms with Crippen molar-refractivity contribution in [2.45, 2.75) is 19.9 Å². The highest BCUT2D eigenvalue weighted by Gasteiger charge is 2.22. The summed E-state index contributed by atoms with van der Waals surface area (Å²) in [7, 11) is 0. The van der Waals surface area contributed by atoms with Gasteiger partial charge in [0.25, 0.3) is 0 Å². The summed E-state index contributed by atoms with van der Waals surface area (Å²) in [6, 6.07) is 18.3. The van der Waals surface area contributed by atoms with Gasteiger partial charge in [-0.1, -0.05) is 24.3 Å². The van der Waals surface area contributed by atoms with Crippen molar-refractivity contribution in [1.82, 2.24) is 0 Å². The van der Waals surface area contributed by atoms with Crippen LogP contribution in [0.1, 0.15) is 34.0 Å². The van der Waals surface area contributed by atoms with Crippen LogP contribution < -0.4 is 16.0 Å². The molecule has 0 saturated carbocycles. The van der Waals surface area contributed by atoms with Crippen LogP contribution in [-0.2, 0) is 17.8 Å². The van der Waals surface area contributed by atoms with E-state index in [1.807, 2.05) is 42.5 Å². The quantitative estimate of drug-likeness (QED) is 0.351. The van der Waals surface area contributed by atoms with Gasteiger partial charge in [-0.3, -0.25) is 10.2 Å². The second-order valence-electron chi connectivity index (χ2n) is 7.83. The predicted molar refractivity (Wildman–Crippen MR) is 125 cm³/mol. The SMILES string of the molecule is CC(=O)Nc1ccc(CN2CCc3cc(C(=N)N)ccc32)c(-c2ccccc2C(=O)O)c1. The smallest absolute Gasteiger partial charge is 0.336 e. The fourth-order valence-corrected chi connectivity index (χ4v) is 4.16. The summed E-state index contributed by atoms with van der Waals surface area (Å²) in [5, 5.41) is 20.2. The number of fused-ring (bicyclic) bond motifs is 1. The molecule has 0 aliphatic carbocycles. The van der Waals surface area contributed by atoms with Gasteiger partial charge in [0, 0.05) is 37.0 Å². The summed E-state index contributed by atoms with van der Waals surface area (Å²) >= 11 is 0. The van der Waals surface area contributed by atoms with Crippen LogP contribution in [0.25, 0.3) is 11.1 Å². The number of nitrogens with one attached hydrogen (secondary N) is 2. The maximum Gasteiger partial charge on any atom is 0.336 e. The first-order valence-electron chi connectivity index (χ1n) is 10.3. The van der Waals surface area contributed by atoms with Crippen molar-refractivity contribution >= 4 is 29.1 Å². The van der Waals surface area contributed by atoms with Crippen LogP contribution in [0.4, 0.5) is 11.4 Å². The molecule has 1 heterocycles. The van der Waals surface area contributed by atoms with Crippen LogP contribution in [0.2, 0.25) is 0 Å². The number of carboxylic acids is 1.